The van der Waals surface area contributed by atoms with Gasteiger partial charge in [0.05, 0.1) is 5.56 Å². The van der Waals surface area contributed by atoms with Crippen molar-refractivity contribution in [2.45, 2.75) is 31.9 Å². The van der Waals surface area contributed by atoms with E-state index < -0.39 is 12.1 Å². The molecule has 1 aromatic heterocycles. The molecule has 0 saturated heterocycles. The SMILES string of the molecule is CC(OC(=O)c1ccnc(Cl)c1)C(=O)NC1CC1. The summed E-state index contributed by atoms with van der Waals surface area (Å²) in [6.07, 6.45) is 2.58. The highest BCUT2D eigenvalue weighted by molar-refractivity contribution is 6.29. The van der Waals surface area contributed by atoms with Crippen LogP contribution in [0.4, 0.5) is 0 Å². The van der Waals surface area contributed by atoms with E-state index in [1.54, 1.807) is 6.92 Å². The van der Waals surface area contributed by atoms with Crippen LogP contribution >= 0.6 is 11.6 Å². The lowest BCUT2D eigenvalue weighted by Gasteiger charge is -2.13. The highest BCUT2D eigenvalue weighted by atomic mass is 35.5. The molecule has 1 aliphatic carbocycles. The second-order valence-corrected chi connectivity index (χ2v) is 4.58. The van der Waals surface area contributed by atoms with Crippen molar-refractivity contribution in [2.75, 3.05) is 0 Å². The van der Waals surface area contributed by atoms with Gasteiger partial charge in [-0.1, -0.05) is 11.6 Å². The van der Waals surface area contributed by atoms with Crippen molar-refractivity contribution in [2.24, 2.45) is 0 Å². The van der Waals surface area contributed by atoms with Crippen LogP contribution in [0.3, 0.4) is 0 Å². The molecule has 2 rings (SSSR count). The summed E-state index contributed by atoms with van der Waals surface area (Å²) >= 11 is 5.67. The zero-order valence-corrected chi connectivity index (χ0v) is 10.6. The Balaban J connectivity index is 1.91. The lowest BCUT2D eigenvalue weighted by Crippen LogP contribution is -2.37. The zero-order chi connectivity index (χ0) is 13.1. The van der Waals surface area contributed by atoms with Crippen molar-refractivity contribution in [1.82, 2.24) is 10.3 Å². The van der Waals surface area contributed by atoms with Gasteiger partial charge < -0.3 is 10.1 Å². The number of halogens is 1. The average molecular weight is 269 g/mol. The van der Waals surface area contributed by atoms with Crippen LogP contribution < -0.4 is 5.32 Å². The van der Waals surface area contributed by atoms with Gasteiger partial charge in [-0.15, -0.1) is 0 Å². The molecule has 18 heavy (non-hydrogen) atoms. The molecule has 0 radical (unpaired) electrons. The third-order valence-electron chi connectivity index (χ3n) is 2.54. The number of amides is 1. The summed E-state index contributed by atoms with van der Waals surface area (Å²) in [5.74, 6) is -0.858. The molecule has 0 bridgehead atoms. The van der Waals surface area contributed by atoms with E-state index >= 15 is 0 Å². The van der Waals surface area contributed by atoms with Gasteiger partial charge in [-0.3, -0.25) is 4.79 Å². The average Bonchev–Trinajstić information content (AvgIpc) is 3.12. The molecule has 0 aliphatic heterocycles. The first kappa shape index (κ1) is 12.8. The number of carbonyl (C=O) groups is 2. The summed E-state index contributed by atoms with van der Waals surface area (Å²) in [6, 6.07) is 3.13. The number of esters is 1. The fourth-order valence-electron chi connectivity index (χ4n) is 1.36. The highest BCUT2D eigenvalue weighted by Gasteiger charge is 2.27. The van der Waals surface area contributed by atoms with Crippen LogP contribution in [-0.4, -0.2) is 29.0 Å². The number of pyridine rings is 1. The largest absolute Gasteiger partial charge is 0.449 e. The number of hydrogen-bond acceptors (Lipinski definition) is 4. The molecule has 0 spiro atoms. The third kappa shape index (κ3) is 3.43. The maximum Gasteiger partial charge on any atom is 0.339 e. The van der Waals surface area contributed by atoms with Gasteiger partial charge in [-0.25, -0.2) is 9.78 Å². The van der Waals surface area contributed by atoms with E-state index in [9.17, 15) is 9.59 Å². The Morgan fingerprint density at radius 2 is 2.28 bits per heavy atom. The molecular formula is C12H13ClN2O3. The normalized spacial score (nSPS) is 15.9. The molecule has 1 amide bonds. The third-order valence-corrected chi connectivity index (χ3v) is 2.75. The maximum absolute atomic E-state index is 11.7. The van der Waals surface area contributed by atoms with Crippen molar-refractivity contribution >= 4 is 23.5 Å². The highest BCUT2D eigenvalue weighted by Crippen LogP contribution is 2.19. The Kier molecular flexibility index (Phi) is 3.81. The first-order chi connectivity index (χ1) is 8.56. The molecular weight excluding hydrogens is 256 g/mol. The topological polar surface area (TPSA) is 68.3 Å². The Bertz CT molecular complexity index is 474. The first-order valence-electron chi connectivity index (χ1n) is 5.69. The summed E-state index contributed by atoms with van der Waals surface area (Å²) in [7, 11) is 0. The first-order valence-corrected chi connectivity index (χ1v) is 6.07. The fraction of sp³-hybridized carbons (Fsp3) is 0.417. The smallest absolute Gasteiger partial charge is 0.339 e. The van der Waals surface area contributed by atoms with E-state index in [1.807, 2.05) is 0 Å². The standard InChI is InChI=1S/C12H13ClN2O3/c1-7(11(16)15-9-2-3-9)18-12(17)8-4-5-14-10(13)6-8/h4-7,9H,2-3H2,1H3,(H,15,16). The number of nitrogens with zero attached hydrogens (tertiary/aromatic N) is 1. The molecule has 1 saturated carbocycles. The minimum absolute atomic E-state index is 0.208. The molecule has 6 heteroatoms. The van der Waals surface area contributed by atoms with Gasteiger partial charge in [0.25, 0.3) is 5.91 Å². The molecule has 1 unspecified atom stereocenters. The molecule has 1 atom stereocenters. The Hall–Kier alpha value is -1.62. The van der Waals surface area contributed by atoms with Crippen molar-refractivity contribution in [3.05, 3.63) is 29.0 Å². The Morgan fingerprint density at radius 1 is 1.56 bits per heavy atom. The summed E-state index contributed by atoms with van der Waals surface area (Å²) in [6.45, 7) is 1.54. The van der Waals surface area contributed by atoms with Crippen LogP contribution in [-0.2, 0) is 9.53 Å². The van der Waals surface area contributed by atoms with Crippen LogP contribution in [0.25, 0.3) is 0 Å². The van der Waals surface area contributed by atoms with Crippen LogP contribution in [0.1, 0.15) is 30.1 Å². The molecule has 1 N–H and O–H groups in total. The van der Waals surface area contributed by atoms with Gasteiger partial charge >= 0.3 is 5.97 Å². The summed E-state index contributed by atoms with van der Waals surface area (Å²) in [5.41, 5.74) is 0.279. The van der Waals surface area contributed by atoms with E-state index in [-0.39, 0.29) is 22.7 Å². The minimum Gasteiger partial charge on any atom is -0.449 e. The van der Waals surface area contributed by atoms with Crippen molar-refractivity contribution < 1.29 is 14.3 Å². The molecule has 1 aliphatic rings. The van der Waals surface area contributed by atoms with Crippen LogP contribution in [0.15, 0.2) is 18.3 Å². The van der Waals surface area contributed by atoms with Crippen molar-refractivity contribution in [3.63, 3.8) is 0 Å². The molecule has 0 aromatic carbocycles. The van der Waals surface area contributed by atoms with Gasteiger partial charge in [0.1, 0.15) is 5.15 Å². The summed E-state index contributed by atoms with van der Waals surface area (Å²) in [4.78, 5) is 27.1. The predicted molar refractivity (Wildman–Crippen MR) is 65.3 cm³/mol. The zero-order valence-electron chi connectivity index (χ0n) is 9.85. The predicted octanol–water partition coefficient (Wildman–Crippen LogP) is 1.56. The molecule has 5 nitrogen and oxygen atoms in total. The number of nitrogens with one attached hydrogen (secondary N) is 1. The van der Waals surface area contributed by atoms with E-state index in [0.29, 0.717) is 0 Å². The molecule has 1 fully saturated rings. The molecule has 1 aromatic rings. The second kappa shape index (κ2) is 5.35. The van der Waals surface area contributed by atoms with Crippen molar-refractivity contribution in [1.29, 1.82) is 0 Å². The van der Waals surface area contributed by atoms with E-state index in [1.165, 1.54) is 18.3 Å². The van der Waals surface area contributed by atoms with E-state index in [4.69, 9.17) is 16.3 Å². The van der Waals surface area contributed by atoms with Gasteiger partial charge in [-0.2, -0.15) is 0 Å². The van der Waals surface area contributed by atoms with Crippen LogP contribution in [0, 0.1) is 0 Å². The molecule has 1 heterocycles. The van der Waals surface area contributed by atoms with Crippen LogP contribution in [0.5, 0.6) is 0 Å². The van der Waals surface area contributed by atoms with Gasteiger partial charge in [0.2, 0.25) is 0 Å². The number of carbonyl (C=O) groups excluding carboxylic acids is 2. The lowest BCUT2D eigenvalue weighted by atomic mass is 10.2. The monoisotopic (exact) mass is 268 g/mol. The fourth-order valence-corrected chi connectivity index (χ4v) is 1.53. The summed E-state index contributed by atoms with van der Waals surface area (Å²) in [5, 5.41) is 2.98. The quantitative estimate of drug-likeness (QED) is 0.665. The Labute approximate surface area is 109 Å². The van der Waals surface area contributed by atoms with Gasteiger partial charge in [0, 0.05) is 12.2 Å². The lowest BCUT2D eigenvalue weighted by molar-refractivity contribution is -0.129. The van der Waals surface area contributed by atoms with E-state index in [0.717, 1.165) is 12.8 Å². The summed E-state index contributed by atoms with van der Waals surface area (Å²) < 4.78 is 5.04. The van der Waals surface area contributed by atoms with E-state index in [2.05, 4.69) is 10.3 Å². The number of ether oxygens (including phenoxy) is 1. The minimum atomic E-state index is -0.815. The van der Waals surface area contributed by atoms with Crippen molar-refractivity contribution in [3.8, 4) is 0 Å². The molecule has 96 valence electrons. The number of hydrogen-bond donors (Lipinski definition) is 1. The van der Waals surface area contributed by atoms with Gasteiger partial charge in [0.15, 0.2) is 6.10 Å². The number of rotatable bonds is 4. The number of aromatic nitrogens is 1. The maximum atomic E-state index is 11.7. The Morgan fingerprint density at radius 3 is 2.89 bits per heavy atom. The second-order valence-electron chi connectivity index (χ2n) is 4.20. The van der Waals surface area contributed by atoms with Gasteiger partial charge in [-0.05, 0) is 31.9 Å². The van der Waals surface area contributed by atoms with Crippen LogP contribution in [0.2, 0.25) is 5.15 Å².